The average Bonchev–Trinajstić information content (AvgIpc) is 2.33. The Bertz CT molecular complexity index is 475. The molecule has 0 bridgehead atoms. The van der Waals surface area contributed by atoms with Crippen LogP contribution in [-0.2, 0) is 20.7 Å². The van der Waals surface area contributed by atoms with Gasteiger partial charge in [0.05, 0.1) is 24.5 Å². The molecule has 0 saturated carbocycles. The molecular weight excluding hydrogens is 272 g/mol. The number of aryl methyl sites for hydroxylation is 1. The molecule has 1 aromatic carbocycles. The van der Waals surface area contributed by atoms with Crippen molar-refractivity contribution in [3.8, 4) is 5.75 Å². The van der Waals surface area contributed by atoms with Crippen molar-refractivity contribution < 1.29 is 24.5 Å². The standard InChI is InChI=1S/C13H15ClO5/c1-7-3-8(5-10(14)12(7)17)4-9(6-11(15)16)13(18)19-2/h3,5,9,17H,4,6H2,1-2H3,(H,15,16)/t9-/m0/s1. The van der Waals surface area contributed by atoms with Crippen LogP contribution in [0.4, 0.5) is 0 Å². The highest BCUT2D eigenvalue weighted by atomic mass is 35.5. The number of carbonyl (C=O) groups excluding carboxylic acids is 1. The number of halogens is 1. The van der Waals surface area contributed by atoms with Crippen LogP contribution in [0.25, 0.3) is 0 Å². The minimum absolute atomic E-state index is 0.0155. The number of rotatable bonds is 5. The summed E-state index contributed by atoms with van der Waals surface area (Å²) in [5.41, 5.74) is 1.25. The lowest BCUT2D eigenvalue weighted by atomic mass is 9.95. The normalized spacial score (nSPS) is 11.9. The van der Waals surface area contributed by atoms with E-state index in [-0.39, 0.29) is 23.6 Å². The number of esters is 1. The maximum absolute atomic E-state index is 11.5. The summed E-state index contributed by atoms with van der Waals surface area (Å²) in [6.45, 7) is 1.68. The maximum Gasteiger partial charge on any atom is 0.309 e. The van der Waals surface area contributed by atoms with Crippen LogP contribution in [0.3, 0.4) is 0 Å². The van der Waals surface area contributed by atoms with Crippen LogP contribution in [0.1, 0.15) is 17.5 Å². The summed E-state index contributed by atoms with van der Waals surface area (Å²) in [5.74, 6) is -2.44. The number of hydrogen-bond donors (Lipinski definition) is 2. The van der Waals surface area contributed by atoms with Crippen molar-refractivity contribution >= 4 is 23.5 Å². The summed E-state index contributed by atoms with van der Waals surface area (Å²) in [4.78, 5) is 22.3. The third kappa shape index (κ3) is 4.13. The molecule has 1 rings (SSSR count). The smallest absolute Gasteiger partial charge is 0.309 e. The molecular formula is C13H15ClO5. The van der Waals surface area contributed by atoms with Gasteiger partial charge < -0.3 is 14.9 Å². The van der Waals surface area contributed by atoms with E-state index in [1.807, 2.05) is 0 Å². The number of carboxylic acids is 1. The zero-order chi connectivity index (χ0) is 14.6. The fourth-order valence-electron chi connectivity index (χ4n) is 1.83. The highest BCUT2D eigenvalue weighted by Crippen LogP contribution is 2.29. The van der Waals surface area contributed by atoms with Gasteiger partial charge in [-0.1, -0.05) is 17.7 Å². The van der Waals surface area contributed by atoms with Gasteiger partial charge in [0.25, 0.3) is 0 Å². The lowest BCUT2D eigenvalue weighted by Crippen LogP contribution is -2.22. The van der Waals surface area contributed by atoms with Gasteiger partial charge in [-0.2, -0.15) is 0 Å². The van der Waals surface area contributed by atoms with Gasteiger partial charge in [-0.05, 0) is 30.5 Å². The second-order valence-electron chi connectivity index (χ2n) is 4.27. The van der Waals surface area contributed by atoms with E-state index in [0.717, 1.165) is 0 Å². The Morgan fingerprint density at radius 2 is 2.05 bits per heavy atom. The number of carbonyl (C=O) groups is 2. The van der Waals surface area contributed by atoms with Crippen molar-refractivity contribution in [3.05, 3.63) is 28.3 Å². The Morgan fingerprint density at radius 1 is 1.42 bits per heavy atom. The first-order chi connectivity index (χ1) is 8.85. The molecule has 0 aromatic heterocycles. The molecule has 0 aliphatic heterocycles. The number of hydrogen-bond acceptors (Lipinski definition) is 4. The lowest BCUT2D eigenvalue weighted by Gasteiger charge is -2.13. The second kappa shape index (κ2) is 6.43. The lowest BCUT2D eigenvalue weighted by molar-refractivity contribution is -0.150. The first-order valence-corrected chi connectivity index (χ1v) is 6.00. The molecule has 2 N–H and O–H groups in total. The first-order valence-electron chi connectivity index (χ1n) is 5.62. The van der Waals surface area contributed by atoms with Crippen LogP contribution in [0, 0.1) is 12.8 Å². The molecule has 0 fully saturated rings. The van der Waals surface area contributed by atoms with Crippen molar-refractivity contribution in [1.82, 2.24) is 0 Å². The Labute approximate surface area is 115 Å². The molecule has 0 radical (unpaired) electrons. The summed E-state index contributed by atoms with van der Waals surface area (Å²) in [6.07, 6.45) is -0.121. The van der Waals surface area contributed by atoms with Gasteiger partial charge in [-0.15, -0.1) is 0 Å². The molecule has 6 heteroatoms. The van der Waals surface area contributed by atoms with Crippen LogP contribution < -0.4 is 0 Å². The SMILES string of the molecule is COC(=O)[C@H](CC(=O)O)Cc1cc(C)c(O)c(Cl)c1. The van der Waals surface area contributed by atoms with E-state index in [1.54, 1.807) is 13.0 Å². The van der Waals surface area contributed by atoms with E-state index in [0.29, 0.717) is 11.1 Å². The third-order valence-electron chi connectivity index (χ3n) is 2.75. The molecule has 1 aromatic rings. The number of benzene rings is 1. The minimum atomic E-state index is -1.07. The maximum atomic E-state index is 11.5. The van der Waals surface area contributed by atoms with Crippen LogP contribution in [-0.4, -0.2) is 29.3 Å². The van der Waals surface area contributed by atoms with E-state index >= 15 is 0 Å². The molecule has 0 unspecified atom stereocenters. The summed E-state index contributed by atoms with van der Waals surface area (Å²) in [5, 5.41) is 18.5. The van der Waals surface area contributed by atoms with Gasteiger partial charge >= 0.3 is 11.9 Å². The summed E-state index contributed by atoms with van der Waals surface area (Å²) >= 11 is 5.84. The zero-order valence-corrected chi connectivity index (χ0v) is 11.4. The summed E-state index contributed by atoms with van der Waals surface area (Å²) in [6, 6.07) is 3.18. The Kier molecular flexibility index (Phi) is 5.18. The molecule has 0 spiro atoms. The monoisotopic (exact) mass is 286 g/mol. The van der Waals surface area contributed by atoms with E-state index in [1.165, 1.54) is 13.2 Å². The fraction of sp³-hybridized carbons (Fsp3) is 0.385. The Balaban J connectivity index is 2.96. The molecule has 0 saturated heterocycles. The van der Waals surface area contributed by atoms with Crippen molar-refractivity contribution in [1.29, 1.82) is 0 Å². The third-order valence-corrected chi connectivity index (χ3v) is 3.04. The van der Waals surface area contributed by atoms with E-state index in [2.05, 4.69) is 4.74 Å². The predicted octanol–water partition coefficient (Wildman–Crippen LogP) is 2.16. The number of methoxy groups -OCH3 is 1. The quantitative estimate of drug-likeness (QED) is 0.810. The van der Waals surface area contributed by atoms with Crippen molar-refractivity contribution in [2.45, 2.75) is 19.8 Å². The van der Waals surface area contributed by atoms with E-state index < -0.39 is 17.9 Å². The van der Waals surface area contributed by atoms with Gasteiger partial charge in [0.2, 0.25) is 0 Å². The largest absolute Gasteiger partial charge is 0.506 e. The average molecular weight is 287 g/mol. The number of carboxylic acid groups (broad SMARTS) is 1. The number of aromatic hydroxyl groups is 1. The highest BCUT2D eigenvalue weighted by molar-refractivity contribution is 6.32. The van der Waals surface area contributed by atoms with Gasteiger partial charge in [0, 0.05) is 0 Å². The summed E-state index contributed by atoms with van der Waals surface area (Å²) < 4.78 is 4.59. The molecule has 5 nitrogen and oxygen atoms in total. The molecule has 0 aliphatic rings. The fourth-order valence-corrected chi connectivity index (χ4v) is 2.12. The Hall–Kier alpha value is -1.75. The molecule has 104 valence electrons. The van der Waals surface area contributed by atoms with Crippen LogP contribution in [0.5, 0.6) is 5.75 Å². The number of phenolic OH excluding ortho intramolecular Hbond substituents is 1. The zero-order valence-electron chi connectivity index (χ0n) is 10.6. The van der Waals surface area contributed by atoms with Crippen LogP contribution >= 0.6 is 11.6 Å². The van der Waals surface area contributed by atoms with Gasteiger partial charge in [-0.3, -0.25) is 9.59 Å². The topological polar surface area (TPSA) is 83.8 Å². The van der Waals surface area contributed by atoms with Crippen LogP contribution in [0.2, 0.25) is 5.02 Å². The van der Waals surface area contributed by atoms with Gasteiger partial charge in [0.1, 0.15) is 5.75 Å². The van der Waals surface area contributed by atoms with Crippen LogP contribution in [0.15, 0.2) is 12.1 Å². The number of aliphatic carboxylic acids is 1. The van der Waals surface area contributed by atoms with E-state index in [4.69, 9.17) is 16.7 Å². The van der Waals surface area contributed by atoms with Crippen molar-refractivity contribution in [2.24, 2.45) is 5.92 Å². The first kappa shape index (κ1) is 15.3. The number of ether oxygens (including phenoxy) is 1. The molecule has 0 amide bonds. The molecule has 0 aliphatic carbocycles. The van der Waals surface area contributed by atoms with Crippen molar-refractivity contribution in [2.75, 3.05) is 7.11 Å². The second-order valence-corrected chi connectivity index (χ2v) is 4.67. The van der Waals surface area contributed by atoms with E-state index in [9.17, 15) is 14.7 Å². The minimum Gasteiger partial charge on any atom is -0.506 e. The predicted molar refractivity (Wildman–Crippen MR) is 69.3 cm³/mol. The van der Waals surface area contributed by atoms with Crippen molar-refractivity contribution in [3.63, 3.8) is 0 Å². The highest BCUT2D eigenvalue weighted by Gasteiger charge is 2.23. The molecule has 1 atom stereocenters. The molecule has 19 heavy (non-hydrogen) atoms. The summed E-state index contributed by atoms with van der Waals surface area (Å²) in [7, 11) is 1.21. The molecule has 0 heterocycles. The van der Waals surface area contributed by atoms with Gasteiger partial charge in [0.15, 0.2) is 0 Å². The number of phenols is 1. The van der Waals surface area contributed by atoms with Gasteiger partial charge in [-0.25, -0.2) is 0 Å². The Morgan fingerprint density at radius 3 is 2.53 bits per heavy atom.